The number of fused-ring (bicyclic) bond motifs is 1. The first kappa shape index (κ1) is 16.4. The number of nitrogens with zero attached hydrogens (tertiary/aromatic N) is 2. The molecule has 116 valence electrons. The fraction of sp³-hybridized carbons (Fsp3) is 0.312. The number of nitriles is 1. The van der Waals surface area contributed by atoms with E-state index < -0.39 is 10.2 Å². The van der Waals surface area contributed by atoms with Crippen LogP contribution in [0.25, 0.3) is 10.8 Å². The molecule has 5 nitrogen and oxygen atoms in total. The Kier molecular flexibility index (Phi) is 5.14. The highest BCUT2D eigenvalue weighted by Crippen LogP contribution is 2.21. The highest BCUT2D eigenvalue weighted by atomic mass is 32.2. The van der Waals surface area contributed by atoms with Crippen LogP contribution in [0.15, 0.2) is 42.5 Å². The summed E-state index contributed by atoms with van der Waals surface area (Å²) < 4.78 is 28.2. The second kappa shape index (κ2) is 6.88. The van der Waals surface area contributed by atoms with Gasteiger partial charge >= 0.3 is 0 Å². The normalized spacial score (nSPS) is 13.2. The van der Waals surface area contributed by atoms with Gasteiger partial charge in [0, 0.05) is 26.1 Å². The van der Waals surface area contributed by atoms with Crippen LogP contribution in [0.1, 0.15) is 24.9 Å². The van der Waals surface area contributed by atoms with Crippen molar-refractivity contribution >= 4 is 21.0 Å². The highest BCUT2D eigenvalue weighted by Gasteiger charge is 2.20. The minimum atomic E-state index is -3.60. The van der Waals surface area contributed by atoms with Crippen molar-refractivity contribution in [1.29, 1.82) is 5.26 Å². The molecule has 0 fully saturated rings. The molecule has 0 aromatic heterocycles. The first-order chi connectivity index (χ1) is 10.4. The average Bonchev–Trinajstić information content (AvgIpc) is 2.51. The fourth-order valence-electron chi connectivity index (χ4n) is 2.19. The Hall–Kier alpha value is -1.94. The smallest absolute Gasteiger partial charge is 0.198 e. The molecule has 1 unspecified atom stereocenters. The maximum Gasteiger partial charge on any atom is 0.279 e. The third-order valence-corrected chi connectivity index (χ3v) is 5.20. The lowest BCUT2D eigenvalue weighted by Crippen LogP contribution is -2.39. The number of nitrogens with one attached hydrogen (secondary N) is 1. The third kappa shape index (κ3) is 3.83. The summed E-state index contributed by atoms with van der Waals surface area (Å²) in [6.45, 7) is 1.98. The van der Waals surface area contributed by atoms with E-state index in [1.165, 1.54) is 7.05 Å². The molecule has 0 amide bonds. The van der Waals surface area contributed by atoms with Crippen LogP contribution in [-0.4, -0.2) is 26.3 Å². The van der Waals surface area contributed by atoms with Crippen LogP contribution in [-0.2, 0) is 10.2 Å². The number of rotatable bonds is 6. The topological polar surface area (TPSA) is 73.2 Å². The summed E-state index contributed by atoms with van der Waals surface area (Å²) in [5, 5.41) is 10.7. The zero-order valence-corrected chi connectivity index (χ0v) is 13.5. The summed E-state index contributed by atoms with van der Waals surface area (Å²) in [4.78, 5) is 0. The van der Waals surface area contributed by atoms with Crippen LogP contribution in [0.2, 0.25) is 0 Å². The van der Waals surface area contributed by atoms with Crippen molar-refractivity contribution in [3.63, 3.8) is 0 Å². The predicted octanol–water partition coefficient (Wildman–Crippen LogP) is 2.58. The van der Waals surface area contributed by atoms with Gasteiger partial charge in [0.2, 0.25) is 0 Å². The third-order valence-electron chi connectivity index (χ3n) is 3.55. The molecule has 0 saturated carbocycles. The molecule has 0 saturated heterocycles. The Morgan fingerprint density at radius 1 is 1.23 bits per heavy atom. The summed E-state index contributed by atoms with van der Waals surface area (Å²) in [5.41, 5.74) is 0.899. The maximum atomic E-state index is 12.2. The lowest BCUT2D eigenvalue weighted by atomic mass is 10.0. The van der Waals surface area contributed by atoms with Crippen LogP contribution in [0, 0.1) is 11.3 Å². The molecular weight excluding hydrogens is 298 g/mol. The second-order valence-corrected chi connectivity index (χ2v) is 6.99. The Labute approximate surface area is 131 Å². The lowest BCUT2D eigenvalue weighted by Gasteiger charge is -2.20. The molecule has 0 bridgehead atoms. The van der Waals surface area contributed by atoms with Gasteiger partial charge in [0.15, 0.2) is 0 Å². The van der Waals surface area contributed by atoms with Crippen molar-refractivity contribution in [2.75, 3.05) is 13.6 Å². The van der Waals surface area contributed by atoms with Gasteiger partial charge in [-0.25, -0.2) is 0 Å². The van der Waals surface area contributed by atoms with Crippen molar-refractivity contribution in [2.45, 2.75) is 19.4 Å². The molecule has 6 heteroatoms. The van der Waals surface area contributed by atoms with Crippen LogP contribution in [0.3, 0.4) is 0 Å². The molecule has 2 rings (SSSR count). The molecular formula is C16H19N3O2S. The lowest BCUT2D eigenvalue weighted by molar-refractivity contribution is 0.456. The monoisotopic (exact) mass is 317 g/mol. The van der Waals surface area contributed by atoms with E-state index in [2.05, 4.69) is 4.72 Å². The molecule has 2 aromatic rings. The van der Waals surface area contributed by atoms with E-state index in [0.29, 0.717) is 0 Å². The van der Waals surface area contributed by atoms with Crippen molar-refractivity contribution < 1.29 is 8.42 Å². The van der Waals surface area contributed by atoms with E-state index in [0.717, 1.165) is 20.6 Å². The maximum absolute atomic E-state index is 12.2. The Morgan fingerprint density at radius 2 is 1.91 bits per heavy atom. The Balaban J connectivity index is 2.16. The van der Waals surface area contributed by atoms with E-state index in [1.807, 2.05) is 48.5 Å². The van der Waals surface area contributed by atoms with Crippen molar-refractivity contribution in [1.82, 2.24) is 9.03 Å². The molecule has 22 heavy (non-hydrogen) atoms. The van der Waals surface area contributed by atoms with Crippen LogP contribution < -0.4 is 4.72 Å². The molecule has 2 aromatic carbocycles. The van der Waals surface area contributed by atoms with Crippen LogP contribution >= 0.6 is 0 Å². The van der Waals surface area contributed by atoms with Gasteiger partial charge in [-0.2, -0.15) is 22.7 Å². The zero-order chi connectivity index (χ0) is 16.2. The number of benzene rings is 2. The van der Waals surface area contributed by atoms with E-state index in [9.17, 15) is 8.42 Å². The molecule has 0 aliphatic carbocycles. The summed E-state index contributed by atoms with van der Waals surface area (Å²) in [5.74, 6) is 0. The second-order valence-electron chi connectivity index (χ2n) is 5.18. The largest absolute Gasteiger partial charge is 0.279 e. The molecule has 0 aliphatic heterocycles. The highest BCUT2D eigenvalue weighted by molar-refractivity contribution is 7.87. The molecule has 0 heterocycles. The van der Waals surface area contributed by atoms with Gasteiger partial charge in [0.1, 0.15) is 0 Å². The van der Waals surface area contributed by atoms with Gasteiger partial charge in [-0.15, -0.1) is 0 Å². The molecule has 0 radical (unpaired) electrons. The van der Waals surface area contributed by atoms with Crippen molar-refractivity contribution in [3.8, 4) is 6.07 Å². The van der Waals surface area contributed by atoms with Gasteiger partial charge in [-0.05, 0) is 29.3 Å². The summed E-state index contributed by atoms with van der Waals surface area (Å²) in [7, 11) is -2.14. The van der Waals surface area contributed by atoms with Gasteiger partial charge in [0.25, 0.3) is 10.2 Å². The molecule has 0 spiro atoms. The van der Waals surface area contributed by atoms with E-state index in [4.69, 9.17) is 5.26 Å². The number of hydrogen-bond donors (Lipinski definition) is 1. The van der Waals surface area contributed by atoms with Crippen molar-refractivity contribution in [3.05, 3.63) is 48.0 Å². The van der Waals surface area contributed by atoms with E-state index >= 15 is 0 Å². The fourth-order valence-corrected chi connectivity index (χ4v) is 3.28. The number of hydrogen-bond acceptors (Lipinski definition) is 3. The van der Waals surface area contributed by atoms with Gasteiger partial charge in [-0.1, -0.05) is 36.4 Å². The summed E-state index contributed by atoms with van der Waals surface area (Å²) in [6.07, 6.45) is 0.168. The minimum absolute atomic E-state index is 0.168. The Morgan fingerprint density at radius 3 is 2.59 bits per heavy atom. The van der Waals surface area contributed by atoms with E-state index in [1.54, 1.807) is 6.92 Å². The average molecular weight is 317 g/mol. The zero-order valence-electron chi connectivity index (χ0n) is 12.7. The standard InChI is InChI=1S/C16H19N3O2S/c1-13(18-22(20,21)19(2)11-5-10-17)15-9-8-14-6-3-4-7-16(14)12-15/h3-4,6-9,12-13,18H,5,11H2,1-2H3. The summed E-state index contributed by atoms with van der Waals surface area (Å²) >= 11 is 0. The van der Waals surface area contributed by atoms with Crippen molar-refractivity contribution in [2.24, 2.45) is 0 Å². The van der Waals surface area contributed by atoms with Crippen LogP contribution in [0.5, 0.6) is 0 Å². The molecule has 1 N–H and O–H groups in total. The predicted molar refractivity (Wildman–Crippen MR) is 87.3 cm³/mol. The van der Waals surface area contributed by atoms with Gasteiger partial charge < -0.3 is 0 Å². The van der Waals surface area contributed by atoms with Gasteiger partial charge in [-0.3, -0.25) is 0 Å². The van der Waals surface area contributed by atoms with Gasteiger partial charge in [0.05, 0.1) is 6.07 Å². The first-order valence-corrected chi connectivity index (χ1v) is 8.47. The first-order valence-electron chi connectivity index (χ1n) is 7.03. The molecule has 0 aliphatic rings. The van der Waals surface area contributed by atoms with E-state index in [-0.39, 0.29) is 19.0 Å². The summed E-state index contributed by atoms with van der Waals surface area (Å²) in [6, 6.07) is 15.4. The van der Waals surface area contributed by atoms with Crippen LogP contribution in [0.4, 0.5) is 0 Å². The quantitative estimate of drug-likeness (QED) is 0.890. The SMILES string of the molecule is CC(NS(=O)(=O)N(C)CCC#N)c1ccc2ccccc2c1. The molecule has 1 atom stereocenters. The minimum Gasteiger partial charge on any atom is -0.198 e. The Bertz CT molecular complexity index is 796.